The molecule has 1 aromatic heterocycles. The van der Waals surface area contributed by atoms with Crippen LogP contribution in [0.3, 0.4) is 0 Å². The number of rotatable bonds is 7. The van der Waals surface area contributed by atoms with Crippen LogP contribution in [-0.4, -0.2) is 42.9 Å². The van der Waals surface area contributed by atoms with E-state index in [9.17, 15) is 35.9 Å². The molecule has 0 aliphatic heterocycles. The molecule has 0 bridgehead atoms. The van der Waals surface area contributed by atoms with E-state index in [2.05, 4.69) is 9.71 Å². The summed E-state index contributed by atoms with van der Waals surface area (Å²) in [5.41, 5.74) is -1.19. The number of aromatic nitrogens is 1. The second-order valence-corrected chi connectivity index (χ2v) is 11.4. The molecule has 0 radical (unpaired) electrons. The van der Waals surface area contributed by atoms with Crippen LogP contribution in [0.4, 0.5) is 27.6 Å². The number of nitrogens with one attached hydrogen (secondary N) is 1. The van der Waals surface area contributed by atoms with Gasteiger partial charge in [0.05, 0.1) is 29.8 Å². The van der Waals surface area contributed by atoms with Gasteiger partial charge in [0.15, 0.2) is 16.6 Å². The second-order valence-electron chi connectivity index (χ2n) is 8.89. The van der Waals surface area contributed by atoms with E-state index in [1.54, 1.807) is 0 Å². The SMILES string of the molecule is COc1cc(C(=O)O)c(F)cc1NS(=O)(=O)c1csc(-c2ccc([C@H]3CC[C@@H](C(F)(F)F)CC3)c(O)c2F)n1. The van der Waals surface area contributed by atoms with Crippen molar-refractivity contribution in [2.75, 3.05) is 11.8 Å². The summed E-state index contributed by atoms with van der Waals surface area (Å²) in [7, 11) is -3.35. The number of sulfonamides is 1. The minimum absolute atomic E-state index is 0.116. The predicted molar refractivity (Wildman–Crippen MR) is 131 cm³/mol. The molecule has 2 aromatic carbocycles. The van der Waals surface area contributed by atoms with Gasteiger partial charge >= 0.3 is 12.1 Å². The highest BCUT2D eigenvalue weighted by Crippen LogP contribution is 2.46. The van der Waals surface area contributed by atoms with Crippen LogP contribution in [0.25, 0.3) is 10.6 Å². The number of benzene rings is 2. The average molecular weight is 593 g/mol. The lowest BCUT2D eigenvalue weighted by Gasteiger charge is -2.30. The van der Waals surface area contributed by atoms with Gasteiger partial charge in [-0.3, -0.25) is 4.72 Å². The van der Waals surface area contributed by atoms with Crippen molar-refractivity contribution in [2.45, 2.75) is 42.8 Å². The number of hydrogen-bond donors (Lipinski definition) is 3. The first kappa shape index (κ1) is 28.5. The smallest absolute Gasteiger partial charge is 0.391 e. The van der Waals surface area contributed by atoms with Crippen LogP contribution in [-0.2, 0) is 10.0 Å². The zero-order chi connectivity index (χ0) is 28.7. The number of thiazole rings is 1. The molecule has 0 atom stereocenters. The molecule has 0 amide bonds. The molecule has 1 fully saturated rings. The average Bonchev–Trinajstić information content (AvgIpc) is 3.36. The molecular weight excluding hydrogens is 571 g/mol. The van der Waals surface area contributed by atoms with Crippen LogP contribution in [0.5, 0.6) is 11.5 Å². The van der Waals surface area contributed by atoms with Crippen LogP contribution >= 0.6 is 11.3 Å². The highest BCUT2D eigenvalue weighted by atomic mass is 32.2. The summed E-state index contributed by atoms with van der Waals surface area (Å²) in [5, 5.41) is 19.9. The van der Waals surface area contributed by atoms with Crippen LogP contribution in [0.1, 0.15) is 47.5 Å². The van der Waals surface area contributed by atoms with E-state index in [-0.39, 0.29) is 47.6 Å². The Morgan fingerprint density at radius 3 is 2.41 bits per heavy atom. The Hall–Kier alpha value is -3.46. The zero-order valence-electron chi connectivity index (χ0n) is 20.1. The molecule has 3 N–H and O–H groups in total. The van der Waals surface area contributed by atoms with Gasteiger partial charge in [-0.05, 0) is 43.7 Å². The van der Waals surface area contributed by atoms with E-state index in [1.165, 1.54) is 12.1 Å². The molecule has 39 heavy (non-hydrogen) atoms. The van der Waals surface area contributed by atoms with Crippen molar-refractivity contribution < 1.29 is 50.1 Å². The molecular formula is C24H21F5N2O6S2. The number of alkyl halides is 3. The van der Waals surface area contributed by atoms with Crippen molar-refractivity contribution in [2.24, 2.45) is 5.92 Å². The minimum Gasteiger partial charge on any atom is -0.505 e. The number of aromatic carboxylic acids is 1. The monoisotopic (exact) mass is 592 g/mol. The topological polar surface area (TPSA) is 126 Å². The van der Waals surface area contributed by atoms with Gasteiger partial charge in [0.25, 0.3) is 10.0 Å². The molecule has 4 rings (SSSR count). The van der Waals surface area contributed by atoms with E-state index >= 15 is 4.39 Å². The molecule has 210 valence electrons. The molecule has 1 saturated carbocycles. The van der Waals surface area contributed by atoms with Gasteiger partial charge in [0.2, 0.25) is 0 Å². The molecule has 1 aliphatic rings. The molecule has 3 aromatic rings. The quantitative estimate of drug-likeness (QED) is 0.282. The maximum atomic E-state index is 15.1. The maximum Gasteiger partial charge on any atom is 0.391 e. The van der Waals surface area contributed by atoms with Crippen molar-refractivity contribution in [1.82, 2.24) is 4.98 Å². The zero-order valence-corrected chi connectivity index (χ0v) is 21.7. The highest BCUT2D eigenvalue weighted by molar-refractivity contribution is 7.92. The Balaban J connectivity index is 1.57. The summed E-state index contributed by atoms with van der Waals surface area (Å²) < 4.78 is 101. The van der Waals surface area contributed by atoms with Crippen molar-refractivity contribution in [3.05, 3.63) is 52.4 Å². The Morgan fingerprint density at radius 2 is 1.82 bits per heavy atom. The van der Waals surface area contributed by atoms with Crippen molar-refractivity contribution in [1.29, 1.82) is 0 Å². The third-order valence-electron chi connectivity index (χ3n) is 6.53. The van der Waals surface area contributed by atoms with Crippen molar-refractivity contribution in [3.63, 3.8) is 0 Å². The molecule has 0 saturated heterocycles. The van der Waals surface area contributed by atoms with Crippen LogP contribution in [0.15, 0.2) is 34.7 Å². The number of phenols is 1. The molecule has 0 unspecified atom stereocenters. The summed E-state index contributed by atoms with van der Waals surface area (Å²) in [6.45, 7) is 0. The number of aromatic hydroxyl groups is 1. The standard InChI is InChI=1S/C24H21F5N2O6S2/c1-37-18-8-15(23(33)34)16(25)9-17(18)31-39(35,36)19-10-38-22(30-19)14-7-6-13(21(32)20(14)26)11-2-4-12(5-3-11)24(27,28)29/h6-12,31-32H,2-5H2,1H3,(H,33,34)/t11-,12+. The van der Waals surface area contributed by atoms with Crippen molar-refractivity contribution in [3.8, 4) is 22.1 Å². The van der Waals surface area contributed by atoms with Crippen LogP contribution < -0.4 is 9.46 Å². The van der Waals surface area contributed by atoms with Gasteiger partial charge in [-0.25, -0.2) is 18.6 Å². The summed E-state index contributed by atoms with van der Waals surface area (Å²) in [4.78, 5) is 15.0. The number of methoxy groups -OCH3 is 1. The summed E-state index contributed by atoms with van der Waals surface area (Å²) in [6, 6.07) is 4.09. The molecule has 15 heteroatoms. The van der Waals surface area contributed by atoms with Gasteiger partial charge < -0.3 is 14.9 Å². The number of halogens is 5. The van der Waals surface area contributed by atoms with Gasteiger partial charge in [-0.1, -0.05) is 6.07 Å². The number of phenolic OH excluding ortho intramolecular Hbond substituents is 1. The van der Waals surface area contributed by atoms with Gasteiger partial charge in [0.1, 0.15) is 16.6 Å². The van der Waals surface area contributed by atoms with E-state index < -0.39 is 67.7 Å². The summed E-state index contributed by atoms with van der Waals surface area (Å²) in [6.07, 6.45) is -4.32. The highest BCUT2D eigenvalue weighted by Gasteiger charge is 2.42. The fourth-order valence-corrected chi connectivity index (χ4v) is 6.65. The van der Waals surface area contributed by atoms with Crippen molar-refractivity contribution >= 4 is 33.0 Å². The first-order valence-electron chi connectivity index (χ1n) is 11.4. The maximum absolute atomic E-state index is 15.1. The molecule has 8 nitrogen and oxygen atoms in total. The number of carbonyl (C=O) groups is 1. The summed E-state index contributed by atoms with van der Waals surface area (Å²) >= 11 is 0.737. The lowest BCUT2D eigenvalue weighted by Crippen LogP contribution is -2.27. The minimum atomic E-state index is -4.47. The van der Waals surface area contributed by atoms with E-state index in [0.717, 1.165) is 29.9 Å². The lowest BCUT2D eigenvalue weighted by atomic mass is 9.78. The third-order valence-corrected chi connectivity index (χ3v) is 8.80. The van der Waals surface area contributed by atoms with Crippen LogP contribution in [0, 0.1) is 17.6 Å². The lowest BCUT2D eigenvalue weighted by molar-refractivity contribution is -0.182. The number of anilines is 1. The van der Waals surface area contributed by atoms with E-state index in [4.69, 9.17) is 9.84 Å². The van der Waals surface area contributed by atoms with Gasteiger partial charge in [-0.15, -0.1) is 11.3 Å². The van der Waals surface area contributed by atoms with Gasteiger partial charge in [-0.2, -0.15) is 21.6 Å². The number of hydrogen-bond acceptors (Lipinski definition) is 7. The normalized spacial score (nSPS) is 18.1. The third kappa shape index (κ3) is 5.78. The Morgan fingerprint density at radius 1 is 1.15 bits per heavy atom. The van der Waals surface area contributed by atoms with Crippen LogP contribution in [0.2, 0.25) is 0 Å². The number of carboxylic acid groups (broad SMARTS) is 1. The van der Waals surface area contributed by atoms with E-state index in [0.29, 0.717) is 6.07 Å². The molecule has 0 spiro atoms. The number of ether oxygens (including phenoxy) is 1. The molecule has 1 heterocycles. The predicted octanol–water partition coefficient (Wildman–Crippen LogP) is 6.14. The Labute approximate surface area is 223 Å². The van der Waals surface area contributed by atoms with E-state index in [1.807, 2.05) is 0 Å². The second kappa shape index (κ2) is 10.6. The fourth-order valence-electron chi connectivity index (χ4n) is 4.47. The summed E-state index contributed by atoms with van der Waals surface area (Å²) in [5.74, 6) is -6.81. The first-order valence-corrected chi connectivity index (χ1v) is 13.8. The fraction of sp³-hybridized carbons (Fsp3) is 0.333. The largest absolute Gasteiger partial charge is 0.505 e. The number of nitrogens with zero attached hydrogens (tertiary/aromatic N) is 1. The molecule has 1 aliphatic carbocycles. The van der Waals surface area contributed by atoms with Gasteiger partial charge in [0, 0.05) is 17.0 Å². The number of carboxylic acids is 1. The Kier molecular flexibility index (Phi) is 7.76. The first-order chi connectivity index (χ1) is 18.2. The Bertz CT molecular complexity index is 1520.